The normalized spacial score (nSPS) is 11.5. The number of halogens is 3. The van der Waals surface area contributed by atoms with E-state index in [2.05, 4.69) is 25.5 Å². The van der Waals surface area contributed by atoms with E-state index in [1.54, 1.807) is 24.3 Å². The fourth-order valence-corrected chi connectivity index (χ4v) is 3.20. The van der Waals surface area contributed by atoms with Crippen LogP contribution >= 0.6 is 0 Å². The van der Waals surface area contributed by atoms with Crippen LogP contribution in [0.1, 0.15) is 31.2 Å². The monoisotopic (exact) mass is 470 g/mol. The largest absolute Gasteiger partial charge is 0.416 e. The minimum absolute atomic E-state index is 0.0291. The molecule has 1 amide bonds. The van der Waals surface area contributed by atoms with E-state index in [-0.39, 0.29) is 35.6 Å². The molecule has 8 nitrogen and oxygen atoms in total. The van der Waals surface area contributed by atoms with Crippen LogP contribution in [-0.2, 0) is 17.4 Å². The summed E-state index contributed by atoms with van der Waals surface area (Å²) in [5, 5.41) is 10.9. The van der Waals surface area contributed by atoms with E-state index in [0.717, 1.165) is 25.0 Å². The fraction of sp³-hybridized carbons (Fsp3) is 0.261. The van der Waals surface area contributed by atoms with Crippen molar-refractivity contribution in [3.05, 3.63) is 66.0 Å². The van der Waals surface area contributed by atoms with Gasteiger partial charge in [-0.05, 0) is 24.6 Å². The summed E-state index contributed by atoms with van der Waals surface area (Å²) in [7, 11) is 0. The average Bonchev–Trinajstić information content (AvgIpc) is 3.47. The number of amides is 1. The molecule has 4 rings (SSSR count). The van der Waals surface area contributed by atoms with Crippen molar-refractivity contribution in [1.29, 1.82) is 0 Å². The maximum Gasteiger partial charge on any atom is 0.416 e. The number of hydrogen-bond donors (Lipinski definition) is 1. The highest BCUT2D eigenvalue weighted by Gasteiger charge is 2.31. The summed E-state index contributed by atoms with van der Waals surface area (Å²) in [6.07, 6.45) is -2.77. The van der Waals surface area contributed by atoms with Crippen LogP contribution in [0.25, 0.3) is 28.8 Å². The van der Waals surface area contributed by atoms with Gasteiger partial charge in [-0.3, -0.25) is 4.79 Å². The lowest BCUT2D eigenvalue weighted by Crippen LogP contribution is -2.26. The van der Waals surface area contributed by atoms with Gasteiger partial charge in [0.05, 0.1) is 17.7 Å². The van der Waals surface area contributed by atoms with Gasteiger partial charge in [-0.15, -0.1) is 5.10 Å². The van der Waals surface area contributed by atoms with Crippen LogP contribution in [0.2, 0.25) is 0 Å². The molecule has 0 aliphatic heterocycles. The van der Waals surface area contributed by atoms with Crippen molar-refractivity contribution < 1.29 is 22.5 Å². The van der Waals surface area contributed by atoms with E-state index < -0.39 is 11.7 Å². The number of rotatable bonds is 8. The highest BCUT2D eigenvalue weighted by atomic mass is 19.4. The van der Waals surface area contributed by atoms with Gasteiger partial charge < -0.3 is 9.84 Å². The predicted molar refractivity (Wildman–Crippen MR) is 117 cm³/mol. The van der Waals surface area contributed by atoms with Gasteiger partial charge in [0, 0.05) is 12.1 Å². The number of nitrogens with zero attached hydrogens (tertiary/aromatic N) is 5. The summed E-state index contributed by atoms with van der Waals surface area (Å²) in [6, 6.07) is 13.7. The van der Waals surface area contributed by atoms with E-state index >= 15 is 0 Å². The number of hydrogen-bond acceptors (Lipinski definition) is 6. The standard InChI is InChI=1S/C23H21F3N6O2/c1-2-3-12-27-19(33)14-18-28-22(34-31-18)20-29-21(15-8-5-4-6-9-15)32(30-20)17-11-7-10-16(13-17)23(24,25)26/h4-11,13H,2-3,12,14H2,1H3,(H,27,33). The molecule has 2 aromatic heterocycles. The third kappa shape index (κ3) is 5.30. The van der Waals surface area contributed by atoms with Crippen LogP contribution in [0.3, 0.4) is 0 Å². The molecule has 11 heteroatoms. The summed E-state index contributed by atoms with van der Waals surface area (Å²) in [6.45, 7) is 2.58. The molecule has 1 N–H and O–H groups in total. The number of aromatic nitrogens is 5. The Hall–Kier alpha value is -4.02. The highest BCUT2D eigenvalue weighted by molar-refractivity contribution is 5.77. The molecule has 0 aliphatic carbocycles. The van der Waals surface area contributed by atoms with Crippen molar-refractivity contribution in [1.82, 2.24) is 30.2 Å². The van der Waals surface area contributed by atoms with Crippen LogP contribution in [0, 0.1) is 0 Å². The molecule has 0 saturated heterocycles. The second-order valence-corrected chi connectivity index (χ2v) is 7.48. The zero-order valence-corrected chi connectivity index (χ0v) is 18.2. The van der Waals surface area contributed by atoms with Crippen molar-refractivity contribution in [2.75, 3.05) is 6.54 Å². The van der Waals surface area contributed by atoms with Crippen LogP contribution in [0.5, 0.6) is 0 Å². The third-order valence-electron chi connectivity index (χ3n) is 4.89. The Bertz CT molecular complexity index is 1270. The molecule has 0 radical (unpaired) electrons. The Morgan fingerprint density at radius 1 is 1.09 bits per heavy atom. The van der Waals surface area contributed by atoms with Crippen molar-refractivity contribution in [3.8, 4) is 28.8 Å². The molecular formula is C23H21F3N6O2. The van der Waals surface area contributed by atoms with Crippen molar-refractivity contribution >= 4 is 5.91 Å². The van der Waals surface area contributed by atoms with Gasteiger partial charge in [-0.2, -0.15) is 18.2 Å². The average molecular weight is 470 g/mol. The third-order valence-corrected chi connectivity index (χ3v) is 4.89. The van der Waals surface area contributed by atoms with Crippen LogP contribution in [-0.4, -0.2) is 37.4 Å². The van der Waals surface area contributed by atoms with Crippen molar-refractivity contribution in [2.24, 2.45) is 0 Å². The highest BCUT2D eigenvalue weighted by Crippen LogP contribution is 2.31. The summed E-state index contributed by atoms with van der Waals surface area (Å²) >= 11 is 0. The molecule has 0 aliphatic rings. The lowest BCUT2D eigenvalue weighted by Gasteiger charge is -2.10. The summed E-state index contributed by atoms with van der Waals surface area (Å²) in [5.74, 6) is 0.196. The predicted octanol–water partition coefficient (Wildman–Crippen LogP) is 4.46. The lowest BCUT2D eigenvalue weighted by molar-refractivity contribution is -0.137. The number of carbonyl (C=O) groups excluding carboxylic acids is 1. The number of carbonyl (C=O) groups is 1. The second-order valence-electron chi connectivity index (χ2n) is 7.48. The molecule has 0 bridgehead atoms. The molecule has 2 aromatic carbocycles. The van der Waals surface area contributed by atoms with Crippen LogP contribution in [0.4, 0.5) is 13.2 Å². The molecule has 0 spiro atoms. The van der Waals surface area contributed by atoms with Crippen molar-refractivity contribution in [2.45, 2.75) is 32.4 Å². The van der Waals surface area contributed by atoms with Crippen molar-refractivity contribution in [3.63, 3.8) is 0 Å². The zero-order valence-electron chi connectivity index (χ0n) is 18.2. The van der Waals surface area contributed by atoms with E-state index in [0.29, 0.717) is 17.9 Å². The first kappa shape index (κ1) is 23.1. The Morgan fingerprint density at radius 3 is 2.62 bits per heavy atom. The SMILES string of the molecule is CCCCNC(=O)Cc1noc(-c2nc(-c3ccccc3)n(-c3cccc(C(F)(F)F)c3)n2)n1. The molecule has 4 aromatic rings. The number of unbranched alkanes of at least 4 members (excludes halogenated alkanes) is 1. The van der Waals surface area contributed by atoms with Gasteiger partial charge in [-0.1, -0.05) is 54.9 Å². The summed E-state index contributed by atoms with van der Waals surface area (Å²) in [4.78, 5) is 20.7. The Morgan fingerprint density at radius 2 is 1.88 bits per heavy atom. The lowest BCUT2D eigenvalue weighted by atomic mass is 10.2. The molecule has 0 fully saturated rings. The Balaban J connectivity index is 1.68. The fourth-order valence-electron chi connectivity index (χ4n) is 3.20. The van der Waals surface area contributed by atoms with Gasteiger partial charge in [0.15, 0.2) is 11.6 Å². The van der Waals surface area contributed by atoms with E-state index in [1.807, 2.05) is 13.0 Å². The quantitative estimate of drug-likeness (QED) is 0.382. The minimum atomic E-state index is -4.51. The number of benzene rings is 2. The van der Waals surface area contributed by atoms with Crippen LogP contribution in [0.15, 0.2) is 59.1 Å². The molecule has 34 heavy (non-hydrogen) atoms. The second kappa shape index (κ2) is 9.86. The van der Waals surface area contributed by atoms with E-state index in [4.69, 9.17) is 4.52 Å². The summed E-state index contributed by atoms with van der Waals surface area (Å²) in [5.41, 5.74) is -0.00797. The van der Waals surface area contributed by atoms with E-state index in [1.165, 1.54) is 16.8 Å². The summed E-state index contributed by atoms with van der Waals surface area (Å²) < 4.78 is 46.3. The molecule has 0 unspecified atom stereocenters. The Kier molecular flexibility index (Phi) is 6.71. The molecular weight excluding hydrogens is 449 g/mol. The molecule has 2 heterocycles. The number of nitrogens with one attached hydrogen (secondary N) is 1. The first-order chi connectivity index (χ1) is 16.3. The topological polar surface area (TPSA) is 98.7 Å². The van der Waals surface area contributed by atoms with E-state index in [9.17, 15) is 18.0 Å². The van der Waals surface area contributed by atoms with Gasteiger partial charge in [0.2, 0.25) is 11.7 Å². The van der Waals surface area contributed by atoms with Gasteiger partial charge in [0.1, 0.15) is 0 Å². The minimum Gasteiger partial charge on any atom is -0.356 e. The first-order valence-corrected chi connectivity index (χ1v) is 10.6. The number of alkyl halides is 3. The smallest absolute Gasteiger partial charge is 0.356 e. The first-order valence-electron chi connectivity index (χ1n) is 10.6. The Labute approximate surface area is 192 Å². The zero-order chi connectivity index (χ0) is 24.1. The van der Waals surface area contributed by atoms with Gasteiger partial charge in [0.25, 0.3) is 5.89 Å². The van der Waals surface area contributed by atoms with Gasteiger partial charge >= 0.3 is 6.18 Å². The van der Waals surface area contributed by atoms with Gasteiger partial charge in [-0.25, -0.2) is 9.67 Å². The molecule has 0 atom stereocenters. The molecule has 176 valence electrons. The maximum atomic E-state index is 13.3. The van der Waals surface area contributed by atoms with Crippen LogP contribution < -0.4 is 5.32 Å². The maximum absolute atomic E-state index is 13.3. The molecule has 0 saturated carbocycles.